The van der Waals surface area contributed by atoms with Crippen LogP contribution < -0.4 is 5.73 Å². The van der Waals surface area contributed by atoms with Crippen LogP contribution in [0.3, 0.4) is 0 Å². The van der Waals surface area contributed by atoms with Crippen LogP contribution in [0.4, 0.5) is 0 Å². The number of hydrogen-bond acceptors (Lipinski definition) is 4. The number of aromatic nitrogens is 3. The third-order valence-electron chi connectivity index (χ3n) is 4.26. The molecular weight excluding hydrogens is 266 g/mol. The van der Waals surface area contributed by atoms with E-state index >= 15 is 0 Å². The van der Waals surface area contributed by atoms with Crippen molar-refractivity contribution in [3.8, 4) is 0 Å². The Morgan fingerprint density at radius 1 is 1.38 bits per heavy atom. The summed E-state index contributed by atoms with van der Waals surface area (Å²) in [4.78, 5) is 14.3. The highest BCUT2D eigenvalue weighted by molar-refractivity contribution is 5.82. The molecule has 1 fully saturated rings. The summed E-state index contributed by atoms with van der Waals surface area (Å²) >= 11 is 0. The van der Waals surface area contributed by atoms with Crippen molar-refractivity contribution in [2.24, 2.45) is 11.7 Å². The lowest BCUT2D eigenvalue weighted by atomic mass is 9.95. The molecule has 1 aliphatic heterocycles. The van der Waals surface area contributed by atoms with Crippen molar-refractivity contribution in [1.29, 1.82) is 0 Å². The van der Waals surface area contributed by atoms with Crippen LogP contribution in [0.5, 0.6) is 0 Å². The largest absolute Gasteiger partial charge is 0.341 e. The van der Waals surface area contributed by atoms with Gasteiger partial charge in [0.25, 0.3) is 0 Å². The Morgan fingerprint density at radius 2 is 2.10 bits per heavy atom. The van der Waals surface area contributed by atoms with Gasteiger partial charge in [-0.2, -0.15) is 0 Å². The van der Waals surface area contributed by atoms with Gasteiger partial charge in [0.2, 0.25) is 5.91 Å². The summed E-state index contributed by atoms with van der Waals surface area (Å²) in [5, 5.41) is 8.32. The first kappa shape index (κ1) is 15.9. The van der Waals surface area contributed by atoms with E-state index in [1.54, 1.807) is 6.33 Å². The molecule has 2 atom stereocenters. The number of amides is 1. The van der Waals surface area contributed by atoms with Gasteiger partial charge in [0, 0.05) is 25.0 Å². The Kier molecular flexibility index (Phi) is 4.98. The standard InChI is InChI=1S/C15H27N5O/c1-10(2)13(16)15(21)19-7-5-6-12(8-19)14-18-17-9-20(14)11(3)4/h9-13H,5-8,16H2,1-4H3/t12?,13-/m0/s1. The van der Waals surface area contributed by atoms with Crippen molar-refractivity contribution < 1.29 is 4.79 Å². The molecule has 1 aromatic heterocycles. The molecule has 21 heavy (non-hydrogen) atoms. The second kappa shape index (κ2) is 6.56. The van der Waals surface area contributed by atoms with E-state index in [0.717, 1.165) is 25.2 Å². The zero-order chi connectivity index (χ0) is 15.6. The number of carbonyl (C=O) groups excluding carboxylic acids is 1. The lowest BCUT2D eigenvalue weighted by Crippen LogP contribution is -2.49. The van der Waals surface area contributed by atoms with Gasteiger partial charge < -0.3 is 15.2 Å². The quantitative estimate of drug-likeness (QED) is 0.913. The SMILES string of the molecule is CC(C)[C@H](N)C(=O)N1CCCC(c2nncn2C(C)C)C1. The Labute approximate surface area is 126 Å². The fourth-order valence-corrected chi connectivity index (χ4v) is 2.83. The number of likely N-dealkylation sites (tertiary alicyclic amines) is 1. The Balaban J connectivity index is 2.10. The fourth-order valence-electron chi connectivity index (χ4n) is 2.83. The lowest BCUT2D eigenvalue weighted by molar-refractivity contribution is -0.134. The third kappa shape index (κ3) is 3.43. The number of carbonyl (C=O) groups is 1. The van der Waals surface area contributed by atoms with Gasteiger partial charge >= 0.3 is 0 Å². The molecule has 1 amide bonds. The van der Waals surface area contributed by atoms with Crippen molar-refractivity contribution in [2.75, 3.05) is 13.1 Å². The second-order valence-electron chi connectivity index (χ2n) is 6.58. The molecule has 2 heterocycles. The number of nitrogens with zero attached hydrogens (tertiary/aromatic N) is 4. The van der Waals surface area contributed by atoms with Gasteiger partial charge in [-0.1, -0.05) is 13.8 Å². The predicted octanol–water partition coefficient (Wildman–Crippen LogP) is 1.55. The second-order valence-corrected chi connectivity index (χ2v) is 6.58. The van der Waals surface area contributed by atoms with E-state index in [1.165, 1.54) is 0 Å². The van der Waals surface area contributed by atoms with Crippen molar-refractivity contribution in [2.45, 2.75) is 58.5 Å². The van der Waals surface area contributed by atoms with Crippen LogP contribution in [-0.4, -0.2) is 44.7 Å². The minimum Gasteiger partial charge on any atom is -0.341 e. The van der Waals surface area contributed by atoms with Crippen LogP contribution in [0.25, 0.3) is 0 Å². The van der Waals surface area contributed by atoms with Crippen LogP contribution >= 0.6 is 0 Å². The first-order valence-corrected chi connectivity index (χ1v) is 7.85. The maximum atomic E-state index is 12.4. The van der Waals surface area contributed by atoms with Gasteiger partial charge in [0.05, 0.1) is 6.04 Å². The molecule has 1 unspecified atom stereocenters. The highest BCUT2D eigenvalue weighted by Gasteiger charge is 2.31. The van der Waals surface area contributed by atoms with E-state index in [4.69, 9.17) is 5.73 Å². The maximum absolute atomic E-state index is 12.4. The molecule has 6 heteroatoms. The molecule has 0 aromatic carbocycles. The first-order valence-electron chi connectivity index (χ1n) is 7.85. The topological polar surface area (TPSA) is 77.0 Å². The van der Waals surface area contributed by atoms with Crippen molar-refractivity contribution in [3.63, 3.8) is 0 Å². The van der Waals surface area contributed by atoms with Crippen LogP contribution in [0.1, 0.15) is 58.3 Å². The summed E-state index contributed by atoms with van der Waals surface area (Å²) in [5.74, 6) is 1.47. The van der Waals surface area contributed by atoms with Gasteiger partial charge in [-0.05, 0) is 32.6 Å². The Bertz CT molecular complexity index is 482. The summed E-state index contributed by atoms with van der Waals surface area (Å²) in [7, 11) is 0. The van der Waals surface area contributed by atoms with Crippen LogP contribution in [0, 0.1) is 5.92 Å². The number of rotatable bonds is 4. The van der Waals surface area contributed by atoms with E-state index in [0.29, 0.717) is 12.6 Å². The smallest absolute Gasteiger partial charge is 0.239 e. The van der Waals surface area contributed by atoms with Crippen LogP contribution in [-0.2, 0) is 4.79 Å². The van der Waals surface area contributed by atoms with Crippen molar-refractivity contribution in [3.05, 3.63) is 12.2 Å². The summed E-state index contributed by atoms with van der Waals surface area (Å²) < 4.78 is 2.10. The highest BCUT2D eigenvalue weighted by Crippen LogP contribution is 2.27. The van der Waals surface area contributed by atoms with E-state index in [9.17, 15) is 4.79 Å². The average molecular weight is 293 g/mol. The molecule has 0 bridgehead atoms. The van der Waals surface area contributed by atoms with Gasteiger partial charge in [-0.25, -0.2) is 0 Å². The minimum absolute atomic E-state index is 0.0605. The van der Waals surface area contributed by atoms with E-state index in [2.05, 4.69) is 28.6 Å². The number of piperidine rings is 1. The van der Waals surface area contributed by atoms with Crippen LogP contribution in [0.15, 0.2) is 6.33 Å². The van der Waals surface area contributed by atoms with E-state index < -0.39 is 6.04 Å². The molecule has 0 radical (unpaired) electrons. The molecular formula is C15H27N5O. The zero-order valence-electron chi connectivity index (χ0n) is 13.5. The van der Waals surface area contributed by atoms with Crippen LogP contribution in [0.2, 0.25) is 0 Å². The molecule has 0 aliphatic carbocycles. The number of hydrogen-bond donors (Lipinski definition) is 1. The normalized spacial score (nSPS) is 21.1. The van der Waals surface area contributed by atoms with Gasteiger partial charge in [0.15, 0.2) is 0 Å². The van der Waals surface area contributed by atoms with Gasteiger partial charge in [0.1, 0.15) is 12.2 Å². The molecule has 2 N–H and O–H groups in total. The van der Waals surface area contributed by atoms with Gasteiger partial charge in [-0.15, -0.1) is 10.2 Å². The van der Waals surface area contributed by atoms with E-state index in [1.807, 2.05) is 18.7 Å². The molecule has 2 rings (SSSR count). The molecule has 118 valence electrons. The monoisotopic (exact) mass is 293 g/mol. The summed E-state index contributed by atoms with van der Waals surface area (Å²) in [5.41, 5.74) is 6.01. The molecule has 1 aromatic rings. The summed E-state index contributed by atoms with van der Waals surface area (Å²) in [6, 6.07) is -0.0780. The van der Waals surface area contributed by atoms with Crippen molar-refractivity contribution >= 4 is 5.91 Å². The molecule has 1 saturated heterocycles. The Hall–Kier alpha value is -1.43. The minimum atomic E-state index is -0.410. The fraction of sp³-hybridized carbons (Fsp3) is 0.800. The maximum Gasteiger partial charge on any atom is 0.239 e. The third-order valence-corrected chi connectivity index (χ3v) is 4.26. The lowest BCUT2D eigenvalue weighted by Gasteiger charge is -2.34. The zero-order valence-corrected chi connectivity index (χ0v) is 13.5. The van der Waals surface area contributed by atoms with Gasteiger partial charge in [-0.3, -0.25) is 4.79 Å². The summed E-state index contributed by atoms with van der Waals surface area (Å²) in [6.45, 7) is 9.70. The average Bonchev–Trinajstić information content (AvgIpc) is 2.95. The Morgan fingerprint density at radius 3 is 2.71 bits per heavy atom. The van der Waals surface area contributed by atoms with Crippen molar-refractivity contribution in [1.82, 2.24) is 19.7 Å². The predicted molar refractivity (Wildman–Crippen MR) is 81.8 cm³/mol. The molecule has 6 nitrogen and oxygen atoms in total. The van der Waals surface area contributed by atoms with E-state index in [-0.39, 0.29) is 17.7 Å². The molecule has 0 saturated carbocycles. The molecule has 0 spiro atoms. The molecule has 1 aliphatic rings. The number of nitrogens with two attached hydrogens (primary N) is 1. The highest BCUT2D eigenvalue weighted by atomic mass is 16.2. The summed E-state index contributed by atoms with van der Waals surface area (Å²) in [6.07, 6.45) is 3.82. The first-order chi connectivity index (χ1) is 9.91.